The SMILES string of the molecule is Cc1cc(C)cc(Nc2ncnc(NNC(=O)C(c3ccccc3)c3ccccc3)c2N)c1. The molecule has 166 valence electrons. The van der Waals surface area contributed by atoms with E-state index in [-0.39, 0.29) is 5.91 Å². The summed E-state index contributed by atoms with van der Waals surface area (Å²) in [4.78, 5) is 21.6. The molecule has 0 spiro atoms. The van der Waals surface area contributed by atoms with E-state index < -0.39 is 5.92 Å². The van der Waals surface area contributed by atoms with Crippen LogP contribution in [0.1, 0.15) is 28.2 Å². The van der Waals surface area contributed by atoms with Gasteiger partial charge in [-0.15, -0.1) is 0 Å². The third-order valence-corrected chi connectivity index (χ3v) is 5.20. The standard InChI is InChI=1S/C26H26N6O/c1-17-13-18(2)15-21(14-17)30-24-23(27)25(29-16-28-24)31-32-26(33)22(19-9-5-3-6-10-19)20-11-7-4-8-12-20/h3-16,22H,27H2,1-2H3,(H,32,33)(H2,28,29,30,31). The van der Waals surface area contributed by atoms with Gasteiger partial charge in [-0.1, -0.05) is 66.7 Å². The third kappa shape index (κ3) is 5.27. The fourth-order valence-electron chi connectivity index (χ4n) is 3.76. The average molecular weight is 439 g/mol. The molecule has 1 heterocycles. The molecule has 1 amide bonds. The highest BCUT2D eigenvalue weighted by atomic mass is 16.2. The quantitative estimate of drug-likeness (QED) is 0.312. The van der Waals surface area contributed by atoms with Gasteiger partial charge in [-0.3, -0.25) is 15.6 Å². The summed E-state index contributed by atoms with van der Waals surface area (Å²) in [5, 5.41) is 3.23. The van der Waals surface area contributed by atoms with E-state index in [1.165, 1.54) is 6.33 Å². The number of hydrogen-bond donors (Lipinski definition) is 4. The maximum absolute atomic E-state index is 13.2. The summed E-state index contributed by atoms with van der Waals surface area (Å²) in [7, 11) is 0. The lowest BCUT2D eigenvalue weighted by atomic mass is 9.91. The van der Waals surface area contributed by atoms with Crippen molar-refractivity contribution in [1.29, 1.82) is 0 Å². The molecule has 4 rings (SSSR count). The monoisotopic (exact) mass is 438 g/mol. The van der Waals surface area contributed by atoms with Gasteiger partial charge < -0.3 is 11.1 Å². The van der Waals surface area contributed by atoms with Crippen molar-refractivity contribution in [2.24, 2.45) is 0 Å². The number of nitrogens with one attached hydrogen (secondary N) is 3. The molecule has 1 aromatic heterocycles. The van der Waals surface area contributed by atoms with Gasteiger partial charge in [-0.25, -0.2) is 9.97 Å². The molecule has 0 bridgehead atoms. The number of nitrogens with zero attached hydrogens (tertiary/aromatic N) is 2. The van der Waals surface area contributed by atoms with Gasteiger partial charge in [0.1, 0.15) is 12.0 Å². The second-order valence-corrected chi connectivity index (χ2v) is 7.85. The van der Waals surface area contributed by atoms with Gasteiger partial charge in [-0.05, 0) is 48.2 Å². The summed E-state index contributed by atoms with van der Waals surface area (Å²) in [5.41, 5.74) is 17.1. The van der Waals surface area contributed by atoms with E-state index in [0.29, 0.717) is 17.3 Å². The maximum Gasteiger partial charge on any atom is 0.250 e. The molecule has 3 aromatic carbocycles. The Morgan fingerprint density at radius 3 is 1.94 bits per heavy atom. The molecular formula is C26H26N6O. The molecule has 4 aromatic rings. The van der Waals surface area contributed by atoms with Crippen LogP contribution in [0.5, 0.6) is 0 Å². The summed E-state index contributed by atoms with van der Waals surface area (Å²) >= 11 is 0. The number of nitrogens with two attached hydrogens (primary N) is 1. The van der Waals surface area contributed by atoms with Gasteiger partial charge in [0, 0.05) is 5.69 Å². The van der Waals surface area contributed by atoms with Crippen LogP contribution < -0.4 is 21.9 Å². The zero-order valence-corrected chi connectivity index (χ0v) is 18.5. The molecule has 7 nitrogen and oxygen atoms in total. The topological polar surface area (TPSA) is 105 Å². The molecule has 0 aliphatic heterocycles. The Labute approximate surface area is 193 Å². The maximum atomic E-state index is 13.2. The molecule has 5 N–H and O–H groups in total. The predicted molar refractivity (Wildman–Crippen MR) is 132 cm³/mol. The second kappa shape index (κ2) is 9.82. The van der Waals surface area contributed by atoms with Crippen molar-refractivity contribution < 1.29 is 4.79 Å². The molecule has 0 saturated heterocycles. The number of nitrogen functional groups attached to an aromatic ring is 1. The average Bonchev–Trinajstić information content (AvgIpc) is 2.81. The second-order valence-electron chi connectivity index (χ2n) is 7.85. The van der Waals surface area contributed by atoms with Crippen LogP contribution in [0.25, 0.3) is 0 Å². The van der Waals surface area contributed by atoms with Crippen molar-refractivity contribution in [1.82, 2.24) is 15.4 Å². The van der Waals surface area contributed by atoms with Gasteiger partial charge in [0.25, 0.3) is 0 Å². The zero-order chi connectivity index (χ0) is 23.2. The van der Waals surface area contributed by atoms with E-state index in [2.05, 4.69) is 32.2 Å². The van der Waals surface area contributed by atoms with Crippen LogP contribution in [0.2, 0.25) is 0 Å². The fourth-order valence-corrected chi connectivity index (χ4v) is 3.76. The molecule has 0 atom stereocenters. The van der Waals surface area contributed by atoms with Crippen LogP contribution in [0.15, 0.2) is 85.2 Å². The van der Waals surface area contributed by atoms with Crippen molar-refractivity contribution in [3.05, 3.63) is 107 Å². The van der Waals surface area contributed by atoms with Crippen LogP contribution in [0, 0.1) is 13.8 Å². The molecule has 0 aliphatic rings. The van der Waals surface area contributed by atoms with Crippen molar-refractivity contribution >= 4 is 28.9 Å². The number of aryl methyl sites for hydroxylation is 2. The Hall–Kier alpha value is -4.39. The number of hydrazine groups is 1. The Balaban J connectivity index is 1.53. The van der Waals surface area contributed by atoms with Crippen LogP contribution in [0.4, 0.5) is 23.0 Å². The minimum Gasteiger partial charge on any atom is -0.393 e. The highest BCUT2D eigenvalue weighted by Gasteiger charge is 2.23. The lowest BCUT2D eigenvalue weighted by molar-refractivity contribution is -0.121. The fraction of sp³-hybridized carbons (Fsp3) is 0.115. The van der Waals surface area contributed by atoms with Crippen molar-refractivity contribution in [3.8, 4) is 0 Å². The first kappa shape index (κ1) is 21.8. The Bertz CT molecular complexity index is 1180. The summed E-state index contributed by atoms with van der Waals surface area (Å²) in [5.74, 6) is 0.0459. The highest BCUT2D eigenvalue weighted by molar-refractivity contribution is 5.89. The Morgan fingerprint density at radius 1 is 0.818 bits per heavy atom. The number of carbonyl (C=O) groups excluding carboxylic acids is 1. The van der Waals surface area contributed by atoms with E-state index in [4.69, 9.17) is 5.73 Å². The first-order chi connectivity index (χ1) is 16.0. The number of amides is 1. The number of benzene rings is 3. The van der Waals surface area contributed by atoms with E-state index in [1.807, 2.05) is 86.6 Å². The molecule has 0 radical (unpaired) electrons. The van der Waals surface area contributed by atoms with Crippen LogP contribution >= 0.6 is 0 Å². The smallest absolute Gasteiger partial charge is 0.250 e. The molecule has 0 aliphatic carbocycles. The zero-order valence-electron chi connectivity index (χ0n) is 18.5. The van der Waals surface area contributed by atoms with E-state index in [1.54, 1.807) is 0 Å². The number of carbonyl (C=O) groups is 1. The molecule has 33 heavy (non-hydrogen) atoms. The van der Waals surface area contributed by atoms with Gasteiger partial charge >= 0.3 is 0 Å². The predicted octanol–water partition coefficient (Wildman–Crippen LogP) is 4.69. The first-order valence-corrected chi connectivity index (χ1v) is 10.6. The van der Waals surface area contributed by atoms with Gasteiger partial charge in [-0.2, -0.15) is 0 Å². The lowest BCUT2D eigenvalue weighted by Gasteiger charge is -2.19. The Kier molecular flexibility index (Phi) is 6.50. The Morgan fingerprint density at radius 2 is 1.36 bits per heavy atom. The van der Waals surface area contributed by atoms with Gasteiger partial charge in [0.05, 0.1) is 5.92 Å². The number of anilines is 4. The van der Waals surface area contributed by atoms with Gasteiger partial charge in [0.2, 0.25) is 5.91 Å². The lowest BCUT2D eigenvalue weighted by Crippen LogP contribution is -2.35. The molecule has 7 heteroatoms. The van der Waals surface area contributed by atoms with E-state index in [0.717, 1.165) is 27.9 Å². The van der Waals surface area contributed by atoms with Crippen molar-refractivity contribution in [2.45, 2.75) is 19.8 Å². The van der Waals surface area contributed by atoms with Crippen molar-refractivity contribution in [2.75, 3.05) is 16.5 Å². The largest absolute Gasteiger partial charge is 0.393 e. The number of aromatic nitrogens is 2. The van der Waals surface area contributed by atoms with Crippen molar-refractivity contribution in [3.63, 3.8) is 0 Å². The highest BCUT2D eigenvalue weighted by Crippen LogP contribution is 2.27. The molecule has 0 saturated carbocycles. The molecule has 0 unspecified atom stereocenters. The normalized spacial score (nSPS) is 10.6. The minimum absolute atomic E-state index is 0.228. The van der Waals surface area contributed by atoms with Crippen LogP contribution in [-0.4, -0.2) is 15.9 Å². The van der Waals surface area contributed by atoms with E-state index in [9.17, 15) is 4.79 Å². The van der Waals surface area contributed by atoms with E-state index >= 15 is 0 Å². The third-order valence-electron chi connectivity index (χ3n) is 5.20. The van der Waals surface area contributed by atoms with Crippen LogP contribution in [0.3, 0.4) is 0 Å². The minimum atomic E-state index is -0.490. The summed E-state index contributed by atoms with van der Waals surface area (Å²) in [6, 6.07) is 25.3. The number of hydrogen-bond acceptors (Lipinski definition) is 6. The number of rotatable bonds is 7. The van der Waals surface area contributed by atoms with Crippen LogP contribution in [-0.2, 0) is 4.79 Å². The first-order valence-electron chi connectivity index (χ1n) is 10.6. The summed E-state index contributed by atoms with van der Waals surface area (Å²) in [6.07, 6.45) is 1.39. The molecular weight excluding hydrogens is 412 g/mol. The molecule has 0 fully saturated rings. The summed E-state index contributed by atoms with van der Waals surface area (Å²) in [6.45, 7) is 4.06. The summed E-state index contributed by atoms with van der Waals surface area (Å²) < 4.78 is 0. The van der Waals surface area contributed by atoms with Gasteiger partial charge in [0.15, 0.2) is 11.6 Å².